The molecule has 0 radical (unpaired) electrons. The zero-order chi connectivity index (χ0) is 12.3. The van der Waals surface area contributed by atoms with E-state index in [1.165, 1.54) is 0 Å². The van der Waals surface area contributed by atoms with E-state index in [4.69, 9.17) is 5.11 Å². The first-order chi connectivity index (χ1) is 7.41. The lowest BCUT2D eigenvalue weighted by molar-refractivity contribution is -0.137. The second-order valence-corrected chi connectivity index (χ2v) is 4.30. The third-order valence-electron chi connectivity index (χ3n) is 2.82. The fourth-order valence-corrected chi connectivity index (χ4v) is 1.77. The standard InChI is InChI=1S/C13H17FO2/c1-8(4-5-12(15)16)11-6-9(2)13(14)10(3)7-11/h6-8H,4-5H2,1-3H3,(H,15,16). The van der Waals surface area contributed by atoms with E-state index < -0.39 is 5.97 Å². The van der Waals surface area contributed by atoms with Crippen LogP contribution in [0.25, 0.3) is 0 Å². The summed E-state index contributed by atoms with van der Waals surface area (Å²) in [7, 11) is 0. The van der Waals surface area contributed by atoms with E-state index in [2.05, 4.69) is 0 Å². The van der Waals surface area contributed by atoms with Gasteiger partial charge in [-0.2, -0.15) is 0 Å². The molecule has 1 atom stereocenters. The zero-order valence-corrected chi connectivity index (χ0v) is 9.88. The largest absolute Gasteiger partial charge is 0.481 e. The van der Waals surface area contributed by atoms with Crippen LogP contribution >= 0.6 is 0 Å². The van der Waals surface area contributed by atoms with Crippen molar-refractivity contribution in [1.29, 1.82) is 0 Å². The number of rotatable bonds is 4. The smallest absolute Gasteiger partial charge is 0.303 e. The first kappa shape index (κ1) is 12.7. The number of benzene rings is 1. The maximum absolute atomic E-state index is 13.4. The van der Waals surface area contributed by atoms with Gasteiger partial charge in [-0.25, -0.2) is 4.39 Å². The average molecular weight is 224 g/mol. The fraction of sp³-hybridized carbons (Fsp3) is 0.462. The topological polar surface area (TPSA) is 37.3 Å². The van der Waals surface area contributed by atoms with Crippen molar-refractivity contribution in [2.75, 3.05) is 0 Å². The zero-order valence-electron chi connectivity index (χ0n) is 9.88. The van der Waals surface area contributed by atoms with E-state index in [-0.39, 0.29) is 18.2 Å². The summed E-state index contributed by atoms with van der Waals surface area (Å²) in [6.45, 7) is 5.43. The van der Waals surface area contributed by atoms with Gasteiger partial charge >= 0.3 is 5.97 Å². The van der Waals surface area contributed by atoms with Crippen LogP contribution in [0.2, 0.25) is 0 Å². The normalized spacial score (nSPS) is 12.5. The van der Waals surface area contributed by atoms with Crippen LogP contribution in [0.15, 0.2) is 12.1 Å². The van der Waals surface area contributed by atoms with Crippen LogP contribution in [0, 0.1) is 19.7 Å². The summed E-state index contributed by atoms with van der Waals surface area (Å²) in [5, 5.41) is 8.60. The molecular formula is C13H17FO2. The predicted octanol–water partition coefficient (Wildman–Crippen LogP) is 3.41. The third kappa shape index (κ3) is 3.05. The van der Waals surface area contributed by atoms with Gasteiger partial charge in [0.25, 0.3) is 0 Å². The average Bonchev–Trinajstić information content (AvgIpc) is 2.21. The van der Waals surface area contributed by atoms with Crippen molar-refractivity contribution in [3.63, 3.8) is 0 Å². The molecule has 16 heavy (non-hydrogen) atoms. The molecule has 0 heterocycles. The van der Waals surface area contributed by atoms with Crippen LogP contribution in [0.1, 0.15) is 42.4 Å². The van der Waals surface area contributed by atoms with Crippen LogP contribution in [0.4, 0.5) is 4.39 Å². The van der Waals surface area contributed by atoms with E-state index in [9.17, 15) is 9.18 Å². The molecule has 0 spiro atoms. The number of hydrogen-bond donors (Lipinski definition) is 1. The highest BCUT2D eigenvalue weighted by Crippen LogP contribution is 2.24. The summed E-state index contributed by atoms with van der Waals surface area (Å²) < 4.78 is 13.4. The Kier molecular flexibility index (Phi) is 4.05. The quantitative estimate of drug-likeness (QED) is 0.850. The van der Waals surface area contributed by atoms with Crippen LogP contribution in [-0.2, 0) is 4.79 Å². The van der Waals surface area contributed by atoms with Crippen molar-refractivity contribution >= 4 is 5.97 Å². The van der Waals surface area contributed by atoms with Crippen molar-refractivity contribution in [1.82, 2.24) is 0 Å². The molecule has 1 aromatic rings. The molecule has 0 saturated carbocycles. The molecule has 0 aliphatic heterocycles. The summed E-state index contributed by atoms with van der Waals surface area (Å²) in [6, 6.07) is 3.60. The van der Waals surface area contributed by atoms with Crippen molar-refractivity contribution in [2.45, 2.75) is 39.5 Å². The number of carbonyl (C=O) groups is 1. The van der Waals surface area contributed by atoms with Gasteiger partial charge in [0.15, 0.2) is 0 Å². The van der Waals surface area contributed by atoms with E-state index >= 15 is 0 Å². The summed E-state index contributed by atoms with van der Waals surface area (Å²) in [6.07, 6.45) is 0.733. The molecule has 1 rings (SSSR count). The molecule has 1 N–H and O–H groups in total. The van der Waals surface area contributed by atoms with Crippen molar-refractivity contribution in [2.24, 2.45) is 0 Å². The molecule has 0 aliphatic carbocycles. The van der Waals surface area contributed by atoms with E-state index in [0.29, 0.717) is 17.5 Å². The molecule has 2 nitrogen and oxygen atoms in total. The second kappa shape index (κ2) is 5.10. The Balaban J connectivity index is 2.84. The molecule has 1 unspecified atom stereocenters. The number of aliphatic carboxylic acids is 1. The molecular weight excluding hydrogens is 207 g/mol. The number of aryl methyl sites for hydroxylation is 2. The Hall–Kier alpha value is -1.38. The minimum absolute atomic E-state index is 0.147. The second-order valence-electron chi connectivity index (χ2n) is 4.30. The summed E-state index contributed by atoms with van der Waals surface area (Å²) in [5.41, 5.74) is 2.26. The number of carboxylic acids is 1. The molecule has 0 aliphatic rings. The lowest BCUT2D eigenvalue weighted by atomic mass is 9.93. The summed E-state index contributed by atoms with van der Waals surface area (Å²) >= 11 is 0. The molecule has 0 aromatic heterocycles. The van der Waals surface area contributed by atoms with Crippen LogP contribution < -0.4 is 0 Å². The van der Waals surface area contributed by atoms with Gasteiger partial charge in [-0.15, -0.1) is 0 Å². The Morgan fingerprint density at radius 2 is 1.88 bits per heavy atom. The van der Waals surface area contributed by atoms with Gasteiger partial charge in [-0.3, -0.25) is 4.79 Å². The number of carboxylic acid groups (broad SMARTS) is 1. The third-order valence-corrected chi connectivity index (χ3v) is 2.82. The Labute approximate surface area is 95.1 Å². The van der Waals surface area contributed by atoms with Gasteiger partial charge in [0.05, 0.1) is 0 Å². The van der Waals surface area contributed by atoms with Gasteiger partial charge < -0.3 is 5.11 Å². The minimum Gasteiger partial charge on any atom is -0.481 e. The summed E-state index contributed by atoms with van der Waals surface area (Å²) in [4.78, 5) is 10.5. The highest BCUT2D eigenvalue weighted by molar-refractivity contribution is 5.66. The lowest BCUT2D eigenvalue weighted by Gasteiger charge is -2.13. The van der Waals surface area contributed by atoms with Gasteiger partial charge in [-0.1, -0.05) is 19.1 Å². The van der Waals surface area contributed by atoms with Gasteiger partial charge in [0.1, 0.15) is 5.82 Å². The van der Waals surface area contributed by atoms with Crippen molar-refractivity contribution in [3.05, 3.63) is 34.6 Å². The minimum atomic E-state index is -0.789. The van der Waals surface area contributed by atoms with Crippen LogP contribution in [0.5, 0.6) is 0 Å². The molecule has 0 saturated heterocycles. The number of hydrogen-bond acceptors (Lipinski definition) is 1. The van der Waals surface area contributed by atoms with E-state index in [0.717, 1.165) is 5.56 Å². The summed E-state index contributed by atoms with van der Waals surface area (Å²) in [5.74, 6) is -0.814. The first-order valence-corrected chi connectivity index (χ1v) is 5.40. The Morgan fingerprint density at radius 3 is 2.31 bits per heavy atom. The predicted molar refractivity (Wildman–Crippen MR) is 61.2 cm³/mol. The first-order valence-electron chi connectivity index (χ1n) is 5.40. The highest BCUT2D eigenvalue weighted by atomic mass is 19.1. The van der Waals surface area contributed by atoms with Gasteiger partial charge in [0, 0.05) is 6.42 Å². The molecule has 1 aromatic carbocycles. The molecule has 0 fully saturated rings. The molecule has 0 amide bonds. The van der Waals surface area contributed by atoms with Crippen molar-refractivity contribution < 1.29 is 14.3 Å². The Bertz CT molecular complexity index is 376. The Morgan fingerprint density at radius 1 is 1.38 bits per heavy atom. The number of halogens is 1. The van der Waals surface area contributed by atoms with Gasteiger partial charge in [0.2, 0.25) is 0 Å². The van der Waals surface area contributed by atoms with E-state index in [1.54, 1.807) is 26.0 Å². The fourth-order valence-electron chi connectivity index (χ4n) is 1.77. The molecule has 0 bridgehead atoms. The van der Waals surface area contributed by atoms with Crippen LogP contribution in [0.3, 0.4) is 0 Å². The molecule has 88 valence electrons. The van der Waals surface area contributed by atoms with Crippen LogP contribution in [-0.4, -0.2) is 11.1 Å². The van der Waals surface area contributed by atoms with Gasteiger partial charge in [-0.05, 0) is 42.9 Å². The highest BCUT2D eigenvalue weighted by Gasteiger charge is 2.11. The molecule has 3 heteroatoms. The maximum Gasteiger partial charge on any atom is 0.303 e. The van der Waals surface area contributed by atoms with Crippen molar-refractivity contribution in [3.8, 4) is 0 Å². The maximum atomic E-state index is 13.4. The monoisotopic (exact) mass is 224 g/mol. The lowest BCUT2D eigenvalue weighted by Crippen LogP contribution is -2.02. The van der Waals surface area contributed by atoms with E-state index in [1.807, 2.05) is 6.92 Å². The SMILES string of the molecule is Cc1cc(C(C)CCC(=O)O)cc(C)c1F.